The SMILES string of the molecule is CCCC(=O)Nc1ccc(C)n(CC(=O)NCc2ccc(Cl)cc2)c1=O. The Morgan fingerprint density at radius 1 is 1.08 bits per heavy atom. The van der Waals surface area contributed by atoms with Gasteiger partial charge in [-0.15, -0.1) is 0 Å². The first kappa shape index (κ1) is 19.7. The number of amides is 2. The van der Waals surface area contributed by atoms with Crippen molar-refractivity contribution in [1.29, 1.82) is 0 Å². The van der Waals surface area contributed by atoms with Gasteiger partial charge in [-0.1, -0.05) is 30.7 Å². The van der Waals surface area contributed by atoms with E-state index in [-0.39, 0.29) is 24.0 Å². The summed E-state index contributed by atoms with van der Waals surface area (Å²) >= 11 is 5.83. The molecule has 0 radical (unpaired) electrons. The summed E-state index contributed by atoms with van der Waals surface area (Å²) in [5.41, 5.74) is 1.34. The van der Waals surface area contributed by atoms with E-state index in [0.29, 0.717) is 30.1 Å². The molecular weight excluding hydrogens is 354 g/mol. The molecule has 0 bridgehead atoms. The monoisotopic (exact) mass is 375 g/mol. The van der Waals surface area contributed by atoms with Crippen molar-refractivity contribution >= 4 is 29.1 Å². The van der Waals surface area contributed by atoms with Crippen molar-refractivity contribution in [3.05, 3.63) is 63.0 Å². The molecule has 1 aromatic heterocycles. The summed E-state index contributed by atoms with van der Waals surface area (Å²) in [6, 6.07) is 10.4. The van der Waals surface area contributed by atoms with Gasteiger partial charge >= 0.3 is 0 Å². The van der Waals surface area contributed by atoms with Gasteiger partial charge in [0.05, 0.1) is 0 Å². The number of hydrogen-bond acceptors (Lipinski definition) is 3. The zero-order valence-corrected chi connectivity index (χ0v) is 15.6. The standard InChI is InChI=1S/C19H22ClN3O3/c1-3-4-17(24)22-16-10-5-13(2)23(19(16)26)12-18(25)21-11-14-6-8-15(20)9-7-14/h5-10H,3-4,11-12H2,1-2H3,(H,21,25)(H,22,24). The van der Waals surface area contributed by atoms with Gasteiger partial charge in [-0.2, -0.15) is 0 Å². The van der Waals surface area contributed by atoms with Crippen LogP contribution < -0.4 is 16.2 Å². The largest absolute Gasteiger partial charge is 0.350 e. The Labute approximate surface area is 157 Å². The van der Waals surface area contributed by atoms with E-state index in [1.54, 1.807) is 31.2 Å². The van der Waals surface area contributed by atoms with Gasteiger partial charge in [0.15, 0.2) is 0 Å². The minimum absolute atomic E-state index is 0.115. The summed E-state index contributed by atoms with van der Waals surface area (Å²) in [6.07, 6.45) is 1.04. The zero-order chi connectivity index (χ0) is 19.1. The third-order valence-electron chi connectivity index (χ3n) is 3.85. The lowest BCUT2D eigenvalue weighted by Gasteiger charge is -2.13. The van der Waals surface area contributed by atoms with Crippen LogP contribution in [0.5, 0.6) is 0 Å². The Bertz CT molecular complexity index is 844. The number of nitrogens with one attached hydrogen (secondary N) is 2. The van der Waals surface area contributed by atoms with Crippen molar-refractivity contribution in [2.24, 2.45) is 0 Å². The fraction of sp³-hybridized carbons (Fsp3) is 0.316. The fourth-order valence-corrected chi connectivity index (χ4v) is 2.53. The lowest BCUT2D eigenvalue weighted by Crippen LogP contribution is -2.34. The van der Waals surface area contributed by atoms with Crippen molar-refractivity contribution in [2.75, 3.05) is 5.32 Å². The van der Waals surface area contributed by atoms with Crippen LogP contribution in [0.2, 0.25) is 5.02 Å². The normalized spacial score (nSPS) is 10.4. The van der Waals surface area contributed by atoms with Crippen LogP contribution in [0, 0.1) is 6.92 Å². The average molecular weight is 376 g/mol. The van der Waals surface area contributed by atoms with E-state index in [0.717, 1.165) is 5.56 Å². The summed E-state index contributed by atoms with van der Waals surface area (Å²) in [7, 11) is 0. The second kappa shape index (κ2) is 9.20. The molecule has 6 nitrogen and oxygen atoms in total. The summed E-state index contributed by atoms with van der Waals surface area (Å²) in [6.45, 7) is 3.86. The quantitative estimate of drug-likeness (QED) is 0.780. The van der Waals surface area contributed by atoms with Crippen molar-refractivity contribution in [3.63, 3.8) is 0 Å². The Balaban J connectivity index is 2.05. The summed E-state index contributed by atoms with van der Waals surface area (Å²) in [4.78, 5) is 36.5. The number of carbonyl (C=O) groups excluding carboxylic acids is 2. The molecule has 2 aromatic rings. The van der Waals surface area contributed by atoms with E-state index in [1.165, 1.54) is 4.57 Å². The molecule has 0 aliphatic heterocycles. The number of halogens is 1. The van der Waals surface area contributed by atoms with E-state index < -0.39 is 5.56 Å². The molecule has 0 atom stereocenters. The molecule has 0 spiro atoms. The van der Waals surface area contributed by atoms with Crippen LogP contribution in [-0.2, 0) is 22.7 Å². The van der Waals surface area contributed by atoms with E-state index in [4.69, 9.17) is 11.6 Å². The maximum absolute atomic E-state index is 12.5. The molecule has 0 aliphatic rings. The molecule has 26 heavy (non-hydrogen) atoms. The Morgan fingerprint density at radius 2 is 1.77 bits per heavy atom. The van der Waals surface area contributed by atoms with Crippen molar-refractivity contribution in [3.8, 4) is 0 Å². The van der Waals surface area contributed by atoms with Crippen molar-refractivity contribution in [1.82, 2.24) is 9.88 Å². The van der Waals surface area contributed by atoms with Crippen LogP contribution in [0.3, 0.4) is 0 Å². The molecule has 0 unspecified atom stereocenters. The molecule has 0 aliphatic carbocycles. The molecule has 138 valence electrons. The number of rotatable bonds is 7. The van der Waals surface area contributed by atoms with Crippen LogP contribution in [0.4, 0.5) is 5.69 Å². The maximum atomic E-state index is 12.5. The molecule has 0 saturated heterocycles. The smallest absolute Gasteiger partial charge is 0.274 e. The van der Waals surface area contributed by atoms with Crippen molar-refractivity contribution < 1.29 is 9.59 Å². The minimum Gasteiger partial charge on any atom is -0.350 e. The first-order chi connectivity index (χ1) is 12.4. The van der Waals surface area contributed by atoms with Crippen molar-refractivity contribution in [2.45, 2.75) is 39.8 Å². The van der Waals surface area contributed by atoms with Gasteiger partial charge in [0.2, 0.25) is 11.8 Å². The number of aromatic nitrogens is 1. The molecule has 1 aromatic carbocycles. The first-order valence-corrected chi connectivity index (χ1v) is 8.80. The van der Waals surface area contributed by atoms with E-state index in [9.17, 15) is 14.4 Å². The van der Waals surface area contributed by atoms with Crippen LogP contribution in [0.1, 0.15) is 31.0 Å². The number of pyridine rings is 1. The van der Waals surface area contributed by atoms with E-state index in [2.05, 4.69) is 10.6 Å². The second-order valence-corrected chi connectivity index (χ2v) is 6.42. The third-order valence-corrected chi connectivity index (χ3v) is 4.10. The lowest BCUT2D eigenvalue weighted by molar-refractivity contribution is -0.122. The maximum Gasteiger partial charge on any atom is 0.274 e. The number of carbonyl (C=O) groups is 2. The van der Waals surface area contributed by atoms with Gasteiger partial charge in [-0.05, 0) is 43.2 Å². The van der Waals surface area contributed by atoms with Gasteiger partial charge in [0.1, 0.15) is 12.2 Å². The van der Waals surface area contributed by atoms with E-state index in [1.807, 2.05) is 19.1 Å². The van der Waals surface area contributed by atoms with Crippen LogP contribution in [0.15, 0.2) is 41.2 Å². The van der Waals surface area contributed by atoms with Gasteiger partial charge < -0.3 is 15.2 Å². The Hall–Kier alpha value is -2.60. The van der Waals surface area contributed by atoms with Gasteiger partial charge in [-0.3, -0.25) is 14.4 Å². The van der Waals surface area contributed by atoms with Gasteiger partial charge in [0.25, 0.3) is 5.56 Å². The number of aryl methyl sites for hydroxylation is 1. The molecule has 0 saturated carbocycles. The summed E-state index contributed by atoms with van der Waals surface area (Å²) in [5.74, 6) is -0.505. The fourth-order valence-electron chi connectivity index (χ4n) is 2.40. The molecule has 0 fully saturated rings. The highest BCUT2D eigenvalue weighted by molar-refractivity contribution is 6.30. The zero-order valence-electron chi connectivity index (χ0n) is 14.8. The third kappa shape index (κ3) is 5.46. The highest BCUT2D eigenvalue weighted by Crippen LogP contribution is 2.09. The second-order valence-electron chi connectivity index (χ2n) is 5.98. The Kier molecular flexibility index (Phi) is 6.97. The average Bonchev–Trinajstić information content (AvgIpc) is 2.61. The molecule has 2 rings (SSSR count). The molecule has 1 heterocycles. The summed E-state index contributed by atoms with van der Waals surface area (Å²) < 4.78 is 1.35. The highest BCUT2D eigenvalue weighted by atomic mass is 35.5. The highest BCUT2D eigenvalue weighted by Gasteiger charge is 2.12. The molecular formula is C19H22ClN3O3. The summed E-state index contributed by atoms with van der Waals surface area (Å²) in [5, 5.41) is 6.00. The molecule has 2 amide bonds. The van der Waals surface area contributed by atoms with Crippen LogP contribution in [0.25, 0.3) is 0 Å². The number of benzene rings is 1. The van der Waals surface area contributed by atoms with Gasteiger partial charge in [-0.25, -0.2) is 0 Å². The number of anilines is 1. The molecule has 7 heteroatoms. The van der Waals surface area contributed by atoms with Gasteiger partial charge in [0, 0.05) is 23.7 Å². The predicted octanol–water partition coefficient (Wildman–Crippen LogP) is 2.87. The predicted molar refractivity (Wildman–Crippen MR) is 102 cm³/mol. The number of nitrogens with zero attached hydrogens (tertiary/aromatic N) is 1. The lowest BCUT2D eigenvalue weighted by atomic mass is 10.2. The first-order valence-electron chi connectivity index (χ1n) is 8.42. The van der Waals surface area contributed by atoms with Crippen LogP contribution >= 0.6 is 11.6 Å². The number of hydrogen-bond donors (Lipinski definition) is 2. The topological polar surface area (TPSA) is 80.2 Å². The van der Waals surface area contributed by atoms with E-state index >= 15 is 0 Å². The minimum atomic E-state index is -0.393. The van der Waals surface area contributed by atoms with Crippen LogP contribution in [-0.4, -0.2) is 16.4 Å². The molecule has 2 N–H and O–H groups in total. The Morgan fingerprint density at radius 3 is 2.42 bits per heavy atom.